The van der Waals surface area contributed by atoms with Crippen molar-refractivity contribution >= 4 is 39.1 Å². The fourth-order valence-electron chi connectivity index (χ4n) is 7.47. The molecule has 1 aliphatic carbocycles. The summed E-state index contributed by atoms with van der Waals surface area (Å²) in [5.41, 5.74) is 1.80. The van der Waals surface area contributed by atoms with Crippen molar-refractivity contribution in [2.45, 2.75) is 74.9 Å². The molecular formula is C36H48N6O5S. The molecule has 3 heterocycles. The Bertz CT molecular complexity index is 1730. The van der Waals surface area contributed by atoms with Gasteiger partial charge in [-0.1, -0.05) is 68.0 Å². The number of carbonyl (C=O) groups excluding carboxylic acids is 2. The number of likely N-dealkylation sites (tertiary alicyclic amines) is 1. The van der Waals surface area contributed by atoms with Crippen LogP contribution in [0.25, 0.3) is 10.9 Å². The maximum absolute atomic E-state index is 14.1. The number of ether oxygens (including phenoxy) is 1. The van der Waals surface area contributed by atoms with Crippen molar-refractivity contribution < 1.29 is 22.7 Å². The Balaban J connectivity index is 1.20. The lowest BCUT2D eigenvalue weighted by atomic mass is 9.84. The summed E-state index contributed by atoms with van der Waals surface area (Å²) in [5, 5.41) is 7.26. The standard InChI is InChI=1S/C36H48N6O5S/c1-27-12-14-30(15-13-27)48(45,46)42-24-29(31-10-6-7-11-33(31)42)23-40-17-16-36(26-40,25-37-2)39-34(43)32(22-28-8-4-3-5-9-28)38-35(44)41-18-20-47-21-19-41/h6-7,10-15,24-25,28,32H,3-5,8-9,16-23,26H2,1-2H3,(H,38,44)(H,39,43)/t32-,36+/m0/s1. The van der Waals surface area contributed by atoms with Gasteiger partial charge in [-0.3, -0.25) is 14.7 Å². The predicted octanol–water partition coefficient (Wildman–Crippen LogP) is 4.33. The van der Waals surface area contributed by atoms with Crippen LogP contribution < -0.4 is 10.6 Å². The van der Waals surface area contributed by atoms with E-state index in [1.165, 1.54) is 10.4 Å². The third kappa shape index (κ3) is 7.61. The minimum absolute atomic E-state index is 0.190. The molecule has 1 aromatic heterocycles. The van der Waals surface area contributed by atoms with Crippen LogP contribution in [0.15, 0.2) is 64.6 Å². The summed E-state index contributed by atoms with van der Waals surface area (Å²) < 4.78 is 34.3. The van der Waals surface area contributed by atoms with Crippen LogP contribution in [0.5, 0.6) is 0 Å². The van der Waals surface area contributed by atoms with Crippen LogP contribution in [0.1, 0.15) is 56.1 Å². The number of amides is 3. The molecule has 3 aliphatic rings. The molecule has 258 valence electrons. The third-order valence-corrected chi connectivity index (χ3v) is 11.8. The van der Waals surface area contributed by atoms with E-state index in [4.69, 9.17) is 4.74 Å². The van der Waals surface area contributed by atoms with Crippen molar-refractivity contribution in [2.24, 2.45) is 10.9 Å². The molecule has 3 amide bonds. The van der Waals surface area contributed by atoms with Gasteiger partial charge in [-0.2, -0.15) is 0 Å². The second-order valence-corrected chi connectivity index (χ2v) is 15.4. The second-order valence-electron chi connectivity index (χ2n) is 13.6. The number of morpholine rings is 1. The number of aromatic nitrogens is 1. The minimum atomic E-state index is -3.81. The zero-order valence-corrected chi connectivity index (χ0v) is 28.9. The Hall–Kier alpha value is -3.74. The van der Waals surface area contributed by atoms with E-state index in [9.17, 15) is 18.0 Å². The summed E-state index contributed by atoms with van der Waals surface area (Å²) in [6, 6.07) is 13.6. The van der Waals surface area contributed by atoms with Crippen molar-refractivity contribution in [1.29, 1.82) is 0 Å². The van der Waals surface area contributed by atoms with Crippen LogP contribution in [0, 0.1) is 12.8 Å². The Morgan fingerprint density at radius 2 is 1.77 bits per heavy atom. The SMILES string of the molecule is CN=C[C@]1(NC(=O)[C@H](CC2CCCCC2)NC(=O)N2CCOCC2)CCN(Cc2cn(S(=O)(=O)c3ccc(C)cc3)c3ccccc23)C1. The molecule has 0 bridgehead atoms. The molecule has 2 aliphatic heterocycles. The first-order chi connectivity index (χ1) is 23.2. The van der Waals surface area contributed by atoms with Gasteiger partial charge < -0.3 is 20.3 Å². The first kappa shape index (κ1) is 34.1. The summed E-state index contributed by atoms with van der Waals surface area (Å²) in [4.78, 5) is 35.9. The Kier molecular flexibility index (Phi) is 10.5. The van der Waals surface area contributed by atoms with Gasteiger partial charge in [-0.15, -0.1) is 0 Å². The fourth-order valence-corrected chi connectivity index (χ4v) is 8.86. The average Bonchev–Trinajstić information content (AvgIpc) is 3.67. The number of aliphatic imine (C=N–C) groups is 1. The average molecular weight is 677 g/mol. The van der Waals surface area contributed by atoms with Crippen LogP contribution >= 0.6 is 0 Å². The first-order valence-electron chi connectivity index (χ1n) is 17.2. The van der Waals surface area contributed by atoms with Crippen molar-refractivity contribution in [3.8, 4) is 0 Å². The molecular weight excluding hydrogens is 628 g/mol. The normalized spacial score (nSPS) is 21.9. The largest absolute Gasteiger partial charge is 0.378 e. The number of nitrogens with zero attached hydrogens (tertiary/aromatic N) is 4. The predicted molar refractivity (Wildman–Crippen MR) is 187 cm³/mol. The molecule has 48 heavy (non-hydrogen) atoms. The van der Waals surface area contributed by atoms with E-state index in [0.29, 0.717) is 70.2 Å². The number of benzene rings is 2. The lowest BCUT2D eigenvalue weighted by molar-refractivity contribution is -0.124. The molecule has 2 aromatic carbocycles. The number of hydrogen-bond acceptors (Lipinski definition) is 7. The van der Waals surface area contributed by atoms with E-state index in [1.54, 1.807) is 42.4 Å². The van der Waals surface area contributed by atoms with Gasteiger partial charge in [0, 0.05) is 57.6 Å². The number of aryl methyl sites for hydroxylation is 1. The number of carbonyl (C=O) groups is 2. The molecule has 0 radical (unpaired) electrons. The molecule has 11 nitrogen and oxygen atoms in total. The molecule has 12 heteroatoms. The summed E-state index contributed by atoms with van der Waals surface area (Å²) in [6.45, 7) is 5.63. The van der Waals surface area contributed by atoms with Crippen LogP contribution in [-0.2, 0) is 26.1 Å². The maximum atomic E-state index is 14.1. The zero-order valence-electron chi connectivity index (χ0n) is 28.1. The lowest BCUT2D eigenvalue weighted by Crippen LogP contribution is -2.59. The molecule has 2 saturated heterocycles. The van der Waals surface area contributed by atoms with Crippen LogP contribution in [0.3, 0.4) is 0 Å². The highest BCUT2D eigenvalue weighted by molar-refractivity contribution is 7.90. The quantitative estimate of drug-likeness (QED) is 0.308. The van der Waals surface area contributed by atoms with E-state index in [-0.39, 0.29) is 16.8 Å². The minimum Gasteiger partial charge on any atom is -0.378 e. The van der Waals surface area contributed by atoms with Crippen molar-refractivity contribution in [2.75, 3.05) is 46.4 Å². The molecule has 3 aromatic rings. The lowest BCUT2D eigenvalue weighted by Gasteiger charge is -2.33. The molecule has 0 spiro atoms. The van der Waals surface area contributed by atoms with Gasteiger partial charge in [-0.25, -0.2) is 17.2 Å². The van der Waals surface area contributed by atoms with Crippen molar-refractivity contribution in [3.63, 3.8) is 0 Å². The van der Waals surface area contributed by atoms with Gasteiger partial charge in [0.1, 0.15) is 6.04 Å². The summed E-state index contributed by atoms with van der Waals surface area (Å²) in [6.07, 6.45) is 10.5. The second kappa shape index (κ2) is 14.8. The summed E-state index contributed by atoms with van der Waals surface area (Å²) in [7, 11) is -2.10. The van der Waals surface area contributed by atoms with E-state index in [2.05, 4.69) is 20.5 Å². The van der Waals surface area contributed by atoms with Crippen molar-refractivity contribution in [3.05, 3.63) is 65.9 Å². The summed E-state index contributed by atoms with van der Waals surface area (Å²) in [5.74, 6) is 0.202. The van der Waals surface area contributed by atoms with E-state index >= 15 is 0 Å². The third-order valence-electron chi connectivity index (χ3n) is 10.1. The number of rotatable bonds is 10. The molecule has 0 unspecified atom stereocenters. The molecule has 3 fully saturated rings. The molecule has 1 saturated carbocycles. The molecule has 6 rings (SSSR count). The number of para-hydroxylation sites is 1. The zero-order chi connectivity index (χ0) is 33.7. The van der Waals surface area contributed by atoms with E-state index in [1.807, 2.05) is 37.4 Å². The van der Waals surface area contributed by atoms with Crippen molar-refractivity contribution in [1.82, 2.24) is 24.4 Å². The topological polar surface area (TPSA) is 125 Å². The van der Waals surface area contributed by atoms with Gasteiger partial charge in [0.2, 0.25) is 5.91 Å². The Morgan fingerprint density at radius 1 is 1.04 bits per heavy atom. The van der Waals surface area contributed by atoms with Crippen LogP contribution in [0.2, 0.25) is 0 Å². The summed E-state index contributed by atoms with van der Waals surface area (Å²) >= 11 is 0. The van der Waals surface area contributed by atoms with Gasteiger partial charge in [0.25, 0.3) is 10.0 Å². The maximum Gasteiger partial charge on any atom is 0.318 e. The van der Waals surface area contributed by atoms with Gasteiger partial charge in [0.05, 0.1) is 29.2 Å². The first-order valence-corrected chi connectivity index (χ1v) is 18.6. The fraction of sp³-hybridized carbons (Fsp3) is 0.528. The highest BCUT2D eigenvalue weighted by Gasteiger charge is 2.40. The smallest absolute Gasteiger partial charge is 0.318 e. The number of nitrogens with one attached hydrogen (secondary N) is 2. The van der Waals surface area contributed by atoms with Crippen LogP contribution in [-0.4, -0.2) is 98.4 Å². The van der Waals surface area contributed by atoms with Gasteiger partial charge >= 0.3 is 6.03 Å². The van der Waals surface area contributed by atoms with E-state index in [0.717, 1.165) is 42.2 Å². The molecule has 2 atom stereocenters. The van der Waals surface area contributed by atoms with Gasteiger partial charge in [-0.05, 0) is 49.4 Å². The van der Waals surface area contributed by atoms with Gasteiger partial charge in [0.15, 0.2) is 0 Å². The van der Waals surface area contributed by atoms with Crippen LogP contribution in [0.4, 0.5) is 4.79 Å². The highest BCUT2D eigenvalue weighted by atomic mass is 32.2. The highest BCUT2D eigenvalue weighted by Crippen LogP contribution is 2.31. The number of urea groups is 1. The Morgan fingerprint density at radius 3 is 2.50 bits per heavy atom. The molecule has 2 N–H and O–H groups in total. The number of hydrogen-bond donors (Lipinski definition) is 2. The number of fused-ring (bicyclic) bond motifs is 1. The van der Waals surface area contributed by atoms with E-state index < -0.39 is 21.6 Å². The monoisotopic (exact) mass is 676 g/mol. The Labute approximate surface area is 283 Å².